The third kappa shape index (κ3) is 1.93. The highest BCUT2D eigenvalue weighted by Crippen LogP contribution is 2.40. The molecule has 0 spiro atoms. The van der Waals surface area contributed by atoms with E-state index in [1.165, 1.54) is 14.8 Å². The van der Waals surface area contributed by atoms with Gasteiger partial charge in [-0.05, 0) is 18.4 Å². The van der Waals surface area contributed by atoms with Crippen molar-refractivity contribution in [1.29, 1.82) is 0 Å². The SMILES string of the molecule is Cc1nc2c(cc(OC3CC(Cl)C3)c3ccsc32)s1. The molecule has 5 heteroatoms. The lowest BCUT2D eigenvalue weighted by molar-refractivity contribution is 0.126. The van der Waals surface area contributed by atoms with Gasteiger partial charge in [0.1, 0.15) is 11.9 Å². The Kier molecular flexibility index (Phi) is 2.72. The molecule has 19 heavy (non-hydrogen) atoms. The van der Waals surface area contributed by atoms with Gasteiger partial charge < -0.3 is 4.74 Å². The normalized spacial score (nSPS) is 22.8. The van der Waals surface area contributed by atoms with Crippen molar-refractivity contribution in [2.45, 2.75) is 31.2 Å². The minimum absolute atomic E-state index is 0.275. The number of hydrogen-bond acceptors (Lipinski definition) is 4. The predicted molar refractivity (Wildman–Crippen MR) is 83.0 cm³/mol. The van der Waals surface area contributed by atoms with Crippen LogP contribution in [0.2, 0.25) is 0 Å². The van der Waals surface area contributed by atoms with Gasteiger partial charge in [-0.25, -0.2) is 4.98 Å². The molecule has 98 valence electrons. The molecule has 3 aromatic rings. The minimum Gasteiger partial charge on any atom is -0.490 e. The van der Waals surface area contributed by atoms with Crippen LogP contribution in [0.25, 0.3) is 20.3 Å². The molecular formula is C14H12ClNOS2. The molecule has 2 nitrogen and oxygen atoms in total. The monoisotopic (exact) mass is 309 g/mol. The Morgan fingerprint density at radius 2 is 2.26 bits per heavy atom. The maximum Gasteiger partial charge on any atom is 0.129 e. The van der Waals surface area contributed by atoms with Crippen molar-refractivity contribution in [2.75, 3.05) is 0 Å². The molecule has 0 bridgehead atoms. The van der Waals surface area contributed by atoms with Crippen molar-refractivity contribution in [3.63, 3.8) is 0 Å². The molecular weight excluding hydrogens is 298 g/mol. The van der Waals surface area contributed by atoms with E-state index in [4.69, 9.17) is 16.3 Å². The molecule has 1 aromatic carbocycles. The fourth-order valence-corrected chi connectivity index (χ4v) is 4.69. The number of thiophene rings is 1. The van der Waals surface area contributed by atoms with Gasteiger partial charge in [0.05, 0.1) is 19.9 Å². The van der Waals surface area contributed by atoms with Crippen molar-refractivity contribution in [3.8, 4) is 5.75 Å². The predicted octanol–water partition coefficient (Wildman–Crippen LogP) is 4.97. The van der Waals surface area contributed by atoms with Gasteiger partial charge in [0, 0.05) is 29.7 Å². The van der Waals surface area contributed by atoms with E-state index >= 15 is 0 Å². The molecule has 1 aliphatic rings. The second-order valence-corrected chi connectivity index (χ2v) is 7.69. The van der Waals surface area contributed by atoms with E-state index in [1.54, 1.807) is 22.7 Å². The first kappa shape index (κ1) is 11.9. The van der Waals surface area contributed by atoms with Gasteiger partial charge in [-0.2, -0.15) is 0 Å². The Morgan fingerprint density at radius 1 is 1.42 bits per heavy atom. The largest absolute Gasteiger partial charge is 0.490 e. The highest BCUT2D eigenvalue weighted by atomic mass is 35.5. The fraction of sp³-hybridized carbons (Fsp3) is 0.357. The lowest BCUT2D eigenvalue weighted by Crippen LogP contribution is -2.34. The quantitative estimate of drug-likeness (QED) is 0.624. The third-order valence-corrected chi connectivity index (χ3v) is 5.69. The zero-order valence-electron chi connectivity index (χ0n) is 10.4. The summed E-state index contributed by atoms with van der Waals surface area (Å²) in [5, 5.41) is 4.68. The first-order valence-electron chi connectivity index (χ1n) is 6.29. The topological polar surface area (TPSA) is 22.1 Å². The molecule has 1 saturated carbocycles. The number of thiazole rings is 1. The maximum atomic E-state index is 6.11. The van der Waals surface area contributed by atoms with Crippen LogP contribution in [-0.2, 0) is 0 Å². The summed E-state index contributed by atoms with van der Waals surface area (Å²) in [6.45, 7) is 2.05. The van der Waals surface area contributed by atoms with Crippen LogP contribution in [0.1, 0.15) is 17.8 Å². The lowest BCUT2D eigenvalue weighted by Gasteiger charge is -2.31. The number of aryl methyl sites for hydroxylation is 1. The molecule has 0 amide bonds. The molecule has 1 aliphatic carbocycles. The highest BCUT2D eigenvalue weighted by molar-refractivity contribution is 7.21. The van der Waals surface area contributed by atoms with Gasteiger partial charge in [-0.1, -0.05) is 0 Å². The fourth-order valence-electron chi connectivity index (χ4n) is 2.46. The number of fused-ring (bicyclic) bond motifs is 3. The summed E-state index contributed by atoms with van der Waals surface area (Å²) in [4.78, 5) is 4.63. The average molecular weight is 310 g/mol. The van der Waals surface area contributed by atoms with Gasteiger partial charge in [0.15, 0.2) is 0 Å². The van der Waals surface area contributed by atoms with Gasteiger partial charge in [0.25, 0.3) is 0 Å². The standard InChI is InChI=1S/C14H12ClNOS2/c1-7-16-13-12(19-7)6-11(10-2-3-18-14(10)13)17-9-4-8(15)5-9/h2-3,6,8-9H,4-5H2,1H3. The highest BCUT2D eigenvalue weighted by Gasteiger charge is 2.29. The molecule has 0 saturated heterocycles. The van der Waals surface area contributed by atoms with Gasteiger partial charge in [0.2, 0.25) is 0 Å². The zero-order valence-corrected chi connectivity index (χ0v) is 12.7. The van der Waals surface area contributed by atoms with Crippen LogP contribution < -0.4 is 4.74 Å². The lowest BCUT2D eigenvalue weighted by atomic mass is 9.95. The van der Waals surface area contributed by atoms with Crippen molar-refractivity contribution in [1.82, 2.24) is 4.98 Å². The molecule has 0 unspecified atom stereocenters. The van der Waals surface area contributed by atoms with Crippen LogP contribution in [0.15, 0.2) is 17.5 Å². The Bertz CT molecular complexity index is 757. The van der Waals surface area contributed by atoms with Crippen LogP contribution in [-0.4, -0.2) is 16.5 Å². The first-order valence-corrected chi connectivity index (χ1v) is 8.42. The average Bonchev–Trinajstić information content (AvgIpc) is 2.91. The molecule has 4 rings (SSSR count). The van der Waals surface area contributed by atoms with Crippen molar-refractivity contribution >= 4 is 54.6 Å². The van der Waals surface area contributed by atoms with Gasteiger partial charge >= 0.3 is 0 Å². The molecule has 0 N–H and O–H groups in total. The number of halogens is 1. The zero-order chi connectivity index (χ0) is 13.0. The van der Waals surface area contributed by atoms with E-state index in [1.807, 2.05) is 0 Å². The van der Waals surface area contributed by atoms with E-state index < -0.39 is 0 Å². The summed E-state index contributed by atoms with van der Waals surface area (Å²) in [5.74, 6) is 0.987. The second kappa shape index (κ2) is 4.33. The Labute approximate surface area is 124 Å². The number of hydrogen-bond donors (Lipinski definition) is 0. The smallest absolute Gasteiger partial charge is 0.129 e. The van der Waals surface area contributed by atoms with Crippen molar-refractivity contribution in [3.05, 3.63) is 22.5 Å². The van der Waals surface area contributed by atoms with E-state index in [0.29, 0.717) is 0 Å². The number of rotatable bonds is 2. The molecule has 0 radical (unpaired) electrons. The molecule has 1 fully saturated rings. The summed E-state index contributed by atoms with van der Waals surface area (Å²) < 4.78 is 8.56. The number of benzene rings is 1. The molecule has 0 atom stereocenters. The van der Waals surface area contributed by atoms with Crippen LogP contribution >= 0.6 is 34.3 Å². The molecule has 0 aliphatic heterocycles. The van der Waals surface area contributed by atoms with Crippen LogP contribution in [0.3, 0.4) is 0 Å². The van der Waals surface area contributed by atoms with Crippen LogP contribution in [0.5, 0.6) is 5.75 Å². The van der Waals surface area contributed by atoms with Crippen molar-refractivity contribution in [2.24, 2.45) is 0 Å². The van der Waals surface area contributed by atoms with Crippen LogP contribution in [0, 0.1) is 6.92 Å². The number of aromatic nitrogens is 1. The Hall–Kier alpha value is -0.840. The summed E-state index contributed by atoms with van der Waals surface area (Å²) in [6, 6.07) is 4.26. The Balaban J connectivity index is 1.85. The number of nitrogens with zero attached hydrogens (tertiary/aromatic N) is 1. The van der Waals surface area contributed by atoms with Gasteiger partial charge in [-0.3, -0.25) is 0 Å². The summed E-state index contributed by atoms with van der Waals surface area (Å²) in [6.07, 6.45) is 2.18. The molecule has 2 heterocycles. The Morgan fingerprint density at radius 3 is 3.05 bits per heavy atom. The number of ether oxygens (including phenoxy) is 1. The van der Waals surface area contributed by atoms with Crippen molar-refractivity contribution < 1.29 is 4.74 Å². The maximum absolute atomic E-state index is 6.11. The third-order valence-electron chi connectivity index (χ3n) is 3.50. The minimum atomic E-state index is 0.275. The van der Waals surface area contributed by atoms with E-state index in [-0.39, 0.29) is 11.5 Å². The second-order valence-electron chi connectivity index (χ2n) is 4.93. The first-order chi connectivity index (χ1) is 9.20. The van der Waals surface area contributed by atoms with E-state index in [9.17, 15) is 0 Å². The summed E-state index contributed by atoms with van der Waals surface area (Å²) in [7, 11) is 0. The van der Waals surface area contributed by atoms with Crippen LogP contribution in [0.4, 0.5) is 0 Å². The van der Waals surface area contributed by atoms with E-state index in [0.717, 1.165) is 29.1 Å². The van der Waals surface area contributed by atoms with E-state index in [2.05, 4.69) is 29.4 Å². The van der Waals surface area contributed by atoms with Gasteiger partial charge in [-0.15, -0.1) is 34.3 Å². The summed E-state index contributed by atoms with van der Waals surface area (Å²) >= 11 is 9.48. The summed E-state index contributed by atoms with van der Waals surface area (Å²) in [5.41, 5.74) is 1.11. The molecule has 2 aromatic heterocycles. The number of alkyl halides is 1.